The smallest absolute Gasteiger partial charge is 0.200 e. The Hall–Kier alpha value is -1.95. The Morgan fingerprint density at radius 3 is 2.33 bits per heavy atom. The molecule has 0 unspecified atom stereocenters. The average molecular weight is 353 g/mol. The summed E-state index contributed by atoms with van der Waals surface area (Å²) in [5.74, 6) is 0.775. The highest BCUT2D eigenvalue weighted by molar-refractivity contribution is 9.10. The van der Waals surface area contributed by atoms with Crippen LogP contribution in [0.4, 0.5) is 5.69 Å². The molecule has 0 saturated heterocycles. The van der Waals surface area contributed by atoms with Crippen LogP contribution >= 0.6 is 15.9 Å². The number of rotatable bonds is 5. The lowest BCUT2D eigenvalue weighted by molar-refractivity contribution is 0.339. The van der Waals surface area contributed by atoms with Crippen molar-refractivity contribution in [1.29, 1.82) is 0 Å². The molecule has 0 fully saturated rings. The van der Waals surface area contributed by atoms with Crippen LogP contribution in [0.5, 0.6) is 17.2 Å². The predicted octanol–water partition coefficient (Wildman–Crippen LogP) is 3.49. The molecule has 0 bridgehead atoms. The molecule has 1 aromatic carbocycles. The molecule has 0 spiro atoms. The fraction of sp³-hybridized carbons (Fsp3) is 0.267. The highest BCUT2D eigenvalue weighted by Gasteiger charge is 2.11. The Morgan fingerprint density at radius 2 is 1.81 bits per heavy atom. The van der Waals surface area contributed by atoms with E-state index in [1.807, 2.05) is 13.0 Å². The number of nitrogens with one attached hydrogen (secondary N) is 1. The van der Waals surface area contributed by atoms with Gasteiger partial charge in [0.25, 0.3) is 0 Å². The van der Waals surface area contributed by atoms with Crippen molar-refractivity contribution in [3.8, 4) is 17.2 Å². The highest BCUT2D eigenvalue weighted by atomic mass is 79.9. The van der Waals surface area contributed by atoms with Crippen molar-refractivity contribution in [2.75, 3.05) is 19.5 Å². The van der Waals surface area contributed by atoms with Crippen LogP contribution in [-0.2, 0) is 6.54 Å². The van der Waals surface area contributed by atoms with Crippen LogP contribution in [0.2, 0.25) is 0 Å². The van der Waals surface area contributed by atoms with Crippen molar-refractivity contribution in [2.45, 2.75) is 13.5 Å². The number of hydrogen-bond acceptors (Lipinski definition) is 5. The van der Waals surface area contributed by atoms with E-state index in [-0.39, 0.29) is 5.75 Å². The number of halogens is 1. The van der Waals surface area contributed by atoms with Gasteiger partial charge in [-0.2, -0.15) is 0 Å². The monoisotopic (exact) mass is 352 g/mol. The molecule has 2 N–H and O–H groups in total. The molecule has 0 amide bonds. The summed E-state index contributed by atoms with van der Waals surface area (Å²) < 4.78 is 11.1. The second-order valence-electron chi connectivity index (χ2n) is 4.53. The van der Waals surface area contributed by atoms with Crippen LogP contribution in [0.15, 0.2) is 29.0 Å². The van der Waals surface area contributed by atoms with E-state index in [4.69, 9.17) is 9.47 Å². The number of pyridine rings is 1. The zero-order valence-electron chi connectivity index (χ0n) is 12.1. The SMILES string of the molecule is COc1cc(CNc2cnc(Br)c(C)c2)cc(OC)c1O. The van der Waals surface area contributed by atoms with Crippen molar-refractivity contribution in [3.63, 3.8) is 0 Å². The molecule has 1 aromatic heterocycles. The minimum absolute atomic E-state index is 0.00454. The number of hydrogen-bond donors (Lipinski definition) is 2. The fourth-order valence-corrected chi connectivity index (χ4v) is 2.13. The average Bonchev–Trinajstić information content (AvgIpc) is 2.49. The van der Waals surface area contributed by atoms with E-state index in [0.29, 0.717) is 18.0 Å². The van der Waals surface area contributed by atoms with Gasteiger partial charge in [0, 0.05) is 6.54 Å². The highest BCUT2D eigenvalue weighted by Crippen LogP contribution is 2.37. The Balaban J connectivity index is 2.17. The summed E-state index contributed by atoms with van der Waals surface area (Å²) in [7, 11) is 3.02. The lowest BCUT2D eigenvalue weighted by Gasteiger charge is -2.12. The molecule has 0 aliphatic heterocycles. The van der Waals surface area contributed by atoms with E-state index in [0.717, 1.165) is 21.4 Å². The Kier molecular flexibility index (Phi) is 4.90. The summed E-state index contributed by atoms with van der Waals surface area (Å²) in [6, 6.07) is 5.54. The van der Waals surface area contributed by atoms with Gasteiger partial charge in [0.2, 0.25) is 5.75 Å². The number of benzene rings is 1. The zero-order valence-corrected chi connectivity index (χ0v) is 13.7. The maximum absolute atomic E-state index is 9.88. The summed E-state index contributed by atoms with van der Waals surface area (Å²) in [5, 5.41) is 13.2. The zero-order chi connectivity index (χ0) is 15.4. The Morgan fingerprint density at radius 1 is 1.19 bits per heavy atom. The third-order valence-corrected chi connectivity index (χ3v) is 3.88. The van der Waals surface area contributed by atoms with E-state index in [1.54, 1.807) is 18.3 Å². The first kappa shape index (κ1) is 15.4. The van der Waals surface area contributed by atoms with Gasteiger partial charge in [0.05, 0.1) is 26.1 Å². The van der Waals surface area contributed by atoms with Gasteiger partial charge in [0.1, 0.15) is 4.60 Å². The minimum atomic E-state index is 0.00454. The van der Waals surface area contributed by atoms with Gasteiger partial charge in [-0.1, -0.05) is 0 Å². The second-order valence-corrected chi connectivity index (χ2v) is 5.29. The second kappa shape index (κ2) is 6.67. The van der Waals surface area contributed by atoms with Gasteiger partial charge < -0.3 is 19.9 Å². The van der Waals surface area contributed by atoms with Gasteiger partial charge in [-0.25, -0.2) is 4.98 Å². The van der Waals surface area contributed by atoms with E-state index in [9.17, 15) is 5.11 Å². The van der Waals surface area contributed by atoms with E-state index >= 15 is 0 Å². The molecule has 2 rings (SSSR count). The minimum Gasteiger partial charge on any atom is -0.502 e. The molecule has 6 heteroatoms. The Labute approximate surface area is 132 Å². The number of methoxy groups -OCH3 is 2. The fourth-order valence-electron chi connectivity index (χ4n) is 1.91. The standard InChI is InChI=1S/C15H17BrN2O3/c1-9-4-11(8-18-15(9)16)17-7-10-5-12(20-2)14(19)13(6-10)21-3/h4-6,8,17,19H,7H2,1-3H3. The van der Waals surface area contributed by atoms with Crippen LogP contribution in [0.3, 0.4) is 0 Å². The van der Waals surface area contributed by atoms with Crippen LogP contribution < -0.4 is 14.8 Å². The van der Waals surface area contributed by atoms with Crippen LogP contribution in [0.25, 0.3) is 0 Å². The van der Waals surface area contributed by atoms with Gasteiger partial charge in [-0.15, -0.1) is 0 Å². The van der Waals surface area contributed by atoms with Gasteiger partial charge in [-0.05, 0) is 52.2 Å². The van der Waals surface area contributed by atoms with E-state index in [1.165, 1.54) is 14.2 Å². The summed E-state index contributed by atoms with van der Waals surface area (Å²) in [4.78, 5) is 4.24. The molecule has 0 aliphatic rings. The first-order valence-electron chi connectivity index (χ1n) is 6.35. The molecule has 0 aliphatic carbocycles. The van der Waals surface area contributed by atoms with Crippen molar-refractivity contribution in [1.82, 2.24) is 4.98 Å². The number of anilines is 1. The summed E-state index contributed by atoms with van der Waals surface area (Å²) in [6.45, 7) is 2.55. The lowest BCUT2D eigenvalue weighted by Crippen LogP contribution is -2.02. The molecule has 1 heterocycles. The molecule has 0 atom stereocenters. The number of phenolic OH excluding ortho intramolecular Hbond substituents is 1. The van der Waals surface area contributed by atoms with Crippen molar-refractivity contribution in [3.05, 3.63) is 40.1 Å². The van der Waals surface area contributed by atoms with Crippen molar-refractivity contribution < 1.29 is 14.6 Å². The topological polar surface area (TPSA) is 63.6 Å². The first-order valence-corrected chi connectivity index (χ1v) is 7.14. The number of aromatic hydroxyl groups is 1. The van der Waals surface area contributed by atoms with Crippen molar-refractivity contribution >= 4 is 21.6 Å². The number of aromatic nitrogens is 1. The molecule has 112 valence electrons. The van der Waals surface area contributed by atoms with Crippen LogP contribution in [0.1, 0.15) is 11.1 Å². The third kappa shape index (κ3) is 3.58. The lowest BCUT2D eigenvalue weighted by atomic mass is 10.1. The Bertz CT molecular complexity index is 622. The first-order chi connectivity index (χ1) is 10.0. The normalized spacial score (nSPS) is 10.3. The van der Waals surface area contributed by atoms with Crippen molar-refractivity contribution in [2.24, 2.45) is 0 Å². The maximum Gasteiger partial charge on any atom is 0.200 e. The molecule has 21 heavy (non-hydrogen) atoms. The van der Waals surface area contributed by atoms with Gasteiger partial charge >= 0.3 is 0 Å². The summed E-state index contributed by atoms with van der Waals surface area (Å²) in [6.07, 6.45) is 1.76. The number of phenols is 1. The number of ether oxygens (including phenoxy) is 2. The predicted molar refractivity (Wildman–Crippen MR) is 85.2 cm³/mol. The molecule has 0 saturated carbocycles. The molecule has 0 radical (unpaired) electrons. The number of nitrogens with zero attached hydrogens (tertiary/aromatic N) is 1. The van der Waals surface area contributed by atoms with Gasteiger partial charge in [-0.3, -0.25) is 0 Å². The molecule has 5 nitrogen and oxygen atoms in total. The van der Waals surface area contributed by atoms with Crippen LogP contribution in [-0.4, -0.2) is 24.3 Å². The summed E-state index contributed by atoms with van der Waals surface area (Å²) >= 11 is 3.37. The maximum atomic E-state index is 9.88. The summed E-state index contributed by atoms with van der Waals surface area (Å²) in [5.41, 5.74) is 2.91. The largest absolute Gasteiger partial charge is 0.502 e. The quantitative estimate of drug-likeness (QED) is 0.806. The van der Waals surface area contributed by atoms with E-state index in [2.05, 4.69) is 26.2 Å². The molecular formula is C15H17BrN2O3. The van der Waals surface area contributed by atoms with Gasteiger partial charge in [0.15, 0.2) is 11.5 Å². The van der Waals surface area contributed by atoms with E-state index < -0.39 is 0 Å². The van der Waals surface area contributed by atoms with Crippen LogP contribution in [0, 0.1) is 6.92 Å². The number of aryl methyl sites for hydroxylation is 1. The molecule has 2 aromatic rings. The third-order valence-electron chi connectivity index (χ3n) is 3.05. The molecular weight excluding hydrogens is 336 g/mol.